The fraction of sp³-hybridized carbons (Fsp3) is 0.182. The molecule has 10 aliphatic carbocycles. The molecule has 0 heterocycles. The van der Waals surface area contributed by atoms with Crippen LogP contribution < -0.4 is 0 Å². The van der Waals surface area contributed by atoms with Gasteiger partial charge in [-0.25, -0.2) is 0 Å². The van der Waals surface area contributed by atoms with Crippen LogP contribution in [0, 0.1) is 0 Å². The first-order chi connectivity index (χ1) is 43.6. The zero-order valence-corrected chi connectivity index (χ0v) is 51.2. The smallest absolute Gasteiger partial charge is 0.00135 e. The van der Waals surface area contributed by atoms with Gasteiger partial charge in [-0.05, 0) is 220 Å². The van der Waals surface area contributed by atoms with Gasteiger partial charge in [-0.15, -0.1) is 0 Å². The van der Waals surface area contributed by atoms with Crippen molar-refractivity contribution in [1.82, 2.24) is 0 Å². The van der Waals surface area contributed by atoms with Crippen LogP contribution in [-0.4, -0.2) is 0 Å². The molecule has 9 aromatic carbocycles. The van der Waals surface area contributed by atoms with Crippen LogP contribution in [0.25, 0.3) is 23.3 Å². The molecule has 0 saturated carbocycles. The summed E-state index contributed by atoms with van der Waals surface area (Å²) in [4.78, 5) is 0. The molecule has 10 aliphatic rings. The van der Waals surface area contributed by atoms with E-state index in [0.29, 0.717) is 0 Å². The van der Waals surface area contributed by atoms with E-state index in [2.05, 4.69) is 303 Å². The van der Waals surface area contributed by atoms with E-state index in [9.17, 15) is 0 Å². The number of allylic oxidation sites excluding steroid dienone is 16. The first-order valence-corrected chi connectivity index (χ1v) is 32.4. The quantitative estimate of drug-likeness (QED) is 0.142. The minimum absolute atomic E-state index is 1.04. The van der Waals surface area contributed by atoms with E-state index in [4.69, 9.17) is 0 Å². The summed E-state index contributed by atoms with van der Waals surface area (Å²) >= 11 is 0. The molecule has 0 unspecified atom stereocenters. The van der Waals surface area contributed by atoms with E-state index in [0.717, 1.165) is 38.5 Å². The summed E-state index contributed by atoms with van der Waals surface area (Å²) in [7, 11) is 0. The molecule has 19 rings (SSSR count). The molecule has 0 N–H and O–H groups in total. The molecule has 0 atom stereocenters. The van der Waals surface area contributed by atoms with E-state index in [1.54, 1.807) is 16.7 Å². The van der Waals surface area contributed by atoms with Gasteiger partial charge in [-0.1, -0.05) is 309 Å². The summed E-state index contributed by atoms with van der Waals surface area (Å²) in [5, 5.41) is 0. The SMILES string of the molecule is C1=CC2=C(C1)CC=C2.C1=CC2=C(C=CC2)C1.C1=CCC=C1.C1=Cc2ccccc2Cc2ccccc21.c1ccc2c(c1)CCCC2.c1ccc2c(c1)CCc1ccccc1C2.c1ccc2c(c1)Cc1ccccc1-2.c1ccc2c(c1)Cc1ccccc1C2. The Morgan fingerprint density at radius 2 is 0.511 bits per heavy atom. The van der Waals surface area contributed by atoms with Gasteiger partial charge >= 0.3 is 0 Å². The predicted molar refractivity (Wildman–Crippen MR) is 376 cm³/mol. The Kier molecular flexibility index (Phi) is 20.3. The van der Waals surface area contributed by atoms with Crippen molar-refractivity contribution < 1.29 is 0 Å². The third-order valence-electron chi connectivity index (χ3n) is 18.3. The van der Waals surface area contributed by atoms with Gasteiger partial charge in [0.2, 0.25) is 0 Å². The van der Waals surface area contributed by atoms with Crippen LogP contribution >= 0.6 is 0 Å². The van der Waals surface area contributed by atoms with Crippen molar-refractivity contribution in [2.75, 3.05) is 0 Å². The Morgan fingerprint density at radius 1 is 0.216 bits per heavy atom. The number of fused-ring (bicyclic) bond motifs is 10. The van der Waals surface area contributed by atoms with Crippen LogP contribution in [0.5, 0.6) is 0 Å². The van der Waals surface area contributed by atoms with Crippen molar-refractivity contribution in [2.24, 2.45) is 0 Å². The molecule has 434 valence electrons. The summed E-state index contributed by atoms with van der Waals surface area (Å²) in [6, 6.07) is 78.4. The maximum atomic E-state index is 2.27. The molecular formula is C88H82. The average Bonchev–Trinajstić information content (AvgIpc) is 4.32. The number of hydrogen-bond donors (Lipinski definition) is 0. The Morgan fingerprint density at radius 3 is 0.886 bits per heavy atom. The van der Waals surface area contributed by atoms with Crippen molar-refractivity contribution in [1.29, 1.82) is 0 Å². The molecule has 88 heavy (non-hydrogen) atoms. The molecule has 0 aliphatic heterocycles. The lowest BCUT2D eigenvalue weighted by Gasteiger charge is -2.18. The molecule has 0 amide bonds. The molecule has 0 fully saturated rings. The first kappa shape index (κ1) is 59.0. The van der Waals surface area contributed by atoms with E-state index in [1.807, 2.05) is 0 Å². The monoisotopic (exact) mass is 1140 g/mol. The normalized spacial score (nSPS) is 15.5. The van der Waals surface area contributed by atoms with Crippen LogP contribution in [0.3, 0.4) is 0 Å². The first-order valence-electron chi connectivity index (χ1n) is 32.4. The van der Waals surface area contributed by atoms with Crippen LogP contribution in [0.15, 0.2) is 314 Å². The van der Waals surface area contributed by atoms with Gasteiger partial charge in [0, 0.05) is 0 Å². The Hall–Kier alpha value is -9.36. The van der Waals surface area contributed by atoms with Crippen LogP contribution in [-0.2, 0) is 57.8 Å². The average molecular weight is 1140 g/mol. The highest BCUT2D eigenvalue weighted by molar-refractivity contribution is 5.77. The summed E-state index contributed by atoms with van der Waals surface area (Å²) < 4.78 is 0. The van der Waals surface area contributed by atoms with E-state index < -0.39 is 0 Å². The van der Waals surface area contributed by atoms with Crippen LogP contribution in [0.1, 0.15) is 134 Å². The third-order valence-corrected chi connectivity index (χ3v) is 18.3. The lowest BCUT2D eigenvalue weighted by atomic mass is 9.86. The third kappa shape index (κ3) is 15.6. The van der Waals surface area contributed by atoms with Crippen molar-refractivity contribution in [2.45, 2.75) is 103 Å². The van der Waals surface area contributed by atoms with Gasteiger partial charge in [-0.2, -0.15) is 0 Å². The van der Waals surface area contributed by atoms with Gasteiger partial charge in [0.05, 0.1) is 0 Å². The van der Waals surface area contributed by atoms with Crippen LogP contribution in [0.2, 0.25) is 0 Å². The van der Waals surface area contributed by atoms with Gasteiger partial charge in [0.1, 0.15) is 0 Å². The lowest BCUT2D eigenvalue weighted by molar-refractivity contribution is 0.685. The van der Waals surface area contributed by atoms with Crippen molar-refractivity contribution in [3.05, 3.63) is 403 Å². The van der Waals surface area contributed by atoms with Crippen molar-refractivity contribution >= 4 is 12.2 Å². The fourth-order valence-electron chi connectivity index (χ4n) is 13.4. The molecular weight excluding hydrogens is 1060 g/mol. The number of aryl methyl sites for hydroxylation is 4. The van der Waals surface area contributed by atoms with Gasteiger partial charge in [0.25, 0.3) is 0 Å². The van der Waals surface area contributed by atoms with E-state index >= 15 is 0 Å². The van der Waals surface area contributed by atoms with E-state index in [1.165, 1.54) is 170 Å². The lowest BCUT2D eigenvalue weighted by Crippen LogP contribution is -2.06. The molecule has 0 saturated heterocycles. The Balaban J connectivity index is 0.0000000996. The van der Waals surface area contributed by atoms with Gasteiger partial charge in [0.15, 0.2) is 0 Å². The van der Waals surface area contributed by atoms with Crippen LogP contribution in [0.4, 0.5) is 0 Å². The highest BCUT2D eigenvalue weighted by atomic mass is 14.2. The maximum absolute atomic E-state index is 2.27. The highest BCUT2D eigenvalue weighted by Crippen LogP contribution is 2.36. The minimum atomic E-state index is 1.04. The molecule has 0 spiro atoms. The number of hydrogen-bond acceptors (Lipinski definition) is 0. The molecule has 0 heteroatoms. The summed E-state index contributed by atoms with van der Waals surface area (Å²) in [5.74, 6) is 0. The number of rotatable bonds is 0. The summed E-state index contributed by atoms with van der Waals surface area (Å²) in [6.07, 6.45) is 49.7. The molecule has 9 aromatic rings. The molecule has 0 bridgehead atoms. The predicted octanol–water partition coefficient (Wildman–Crippen LogP) is 22.1. The Bertz CT molecular complexity index is 3850. The van der Waals surface area contributed by atoms with Crippen molar-refractivity contribution in [3.63, 3.8) is 0 Å². The highest BCUT2D eigenvalue weighted by Gasteiger charge is 2.17. The summed E-state index contributed by atoms with van der Waals surface area (Å²) in [6.45, 7) is 0. The minimum Gasteiger partial charge on any atom is -0.0808 e. The topological polar surface area (TPSA) is 0 Å². The molecule has 0 aromatic heterocycles. The van der Waals surface area contributed by atoms with Crippen molar-refractivity contribution in [3.8, 4) is 11.1 Å². The largest absolute Gasteiger partial charge is 0.0808 e. The second-order valence-corrected chi connectivity index (χ2v) is 24.1. The molecule has 0 radical (unpaired) electrons. The second-order valence-electron chi connectivity index (χ2n) is 24.1. The van der Waals surface area contributed by atoms with Gasteiger partial charge < -0.3 is 0 Å². The summed E-state index contributed by atoms with van der Waals surface area (Å²) in [5.41, 5.74) is 32.6. The number of benzene rings is 9. The molecule has 0 nitrogen and oxygen atoms in total. The van der Waals surface area contributed by atoms with Gasteiger partial charge in [-0.3, -0.25) is 0 Å². The zero-order chi connectivity index (χ0) is 59.4. The Labute approximate surface area is 525 Å². The standard InChI is InChI=1S/C15H14.C15H12.C14H12.C13H10.C10H12.2C8H8.C5H6/c2*1-3-7-14-11-15-8-4-2-6-13(15)10-9-12(14)5-1;1-2-6-12-10-14-8-4-3-7-13(14)9-11(12)5-1;1-3-7-12-10(5-1)9-11-6-2-4-8-13(11)12;1-2-6-10-8-4-3-7-9(10)5-1;2*1-3-7-5-2-6-8(7)4-1;1-2-4-5-3-1/h1-8H,9-11H2;1-10H,11H2;1-8H,9-10H2;1-8H,9H2;1-2,5-6H,3-4,7-8H2;1-3,6H,4-5H2;1-3,5H,4,6H2;1-4H,5H2. The van der Waals surface area contributed by atoms with E-state index in [-0.39, 0.29) is 0 Å². The second kappa shape index (κ2) is 30.3. The maximum Gasteiger partial charge on any atom is -0.00135 e. The zero-order valence-electron chi connectivity index (χ0n) is 51.2. The fourth-order valence-corrected chi connectivity index (χ4v) is 13.4.